The third-order valence-electron chi connectivity index (χ3n) is 5.82. The highest BCUT2D eigenvalue weighted by Gasteiger charge is 2.23. The van der Waals surface area contributed by atoms with Gasteiger partial charge in [-0.25, -0.2) is 4.79 Å². The number of anilines is 2. The number of thioether (sulfide) groups is 1. The molecule has 0 aromatic heterocycles. The van der Waals surface area contributed by atoms with Gasteiger partial charge < -0.3 is 25.2 Å². The summed E-state index contributed by atoms with van der Waals surface area (Å²) in [7, 11) is 3.03. The standard InChI is InChI=1S/C30H25ClN2O6S/c1-38-25-15-8-19(16-26(25)39-2)28(34)32-20-9-12-22(13-10-20)40-27(18-6-4-3-5-7-18)29(35)33-21-11-14-24(31)23(17-21)30(36)37/h3-17,27H,1-2H3,(H,32,34)(H,33,35)(H,36,37). The molecule has 8 nitrogen and oxygen atoms in total. The van der Waals surface area contributed by atoms with E-state index in [9.17, 15) is 19.5 Å². The molecule has 0 saturated carbocycles. The van der Waals surface area contributed by atoms with Crippen LogP contribution in [0.15, 0.2) is 95.9 Å². The monoisotopic (exact) mass is 576 g/mol. The lowest BCUT2D eigenvalue weighted by molar-refractivity contribution is -0.115. The minimum atomic E-state index is -1.19. The molecule has 3 N–H and O–H groups in total. The maximum Gasteiger partial charge on any atom is 0.337 e. The molecule has 4 rings (SSSR count). The molecular weight excluding hydrogens is 552 g/mol. The van der Waals surface area contributed by atoms with Gasteiger partial charge in [0.2, 0.25) is 5.91 Å². The number of hydrogen-bond acceptors (Lipinski definition) is 6. The molecule has 0 bridgehead atoms. The van der Waals surface area contributed by atoms with Crippen LogP contribution in [0, 0.1) is 0 Å². The van der Waals surface area contributed by atoms with E-state index in [-0.39, 0.29) is 22.4 Å². The fourth-order valence-corrected chi connectivity index (χ4v) is 5.03. The van der Waals surface area contributed by atoms with Crippen LogP contribution < -0.4 is 20.1 Å². The Bertz CT molecular complexity index is 1530. The fraction of sp³-hybridized carbons (Fsp3) is 0.100. The van der Waals surface area contributed by atoms with Crippen LogP contribution >= 0.6 is 23.4 Å². The number of amides is 2. The van der Waals surface area contributed by atoms with E-state index in [0.29, 0.717) is 28.4 Å². The molecule has 40 heavy (non-hydrogen) atoms. The molecular formula is C30H25ClN2O6S. The van der Waals surface area contributed by atoms with Crippen LogP contribution in [-0.4, -0.2) is 37.1 Å². The van der Waals surface area contributed by atoms with E-state index in [0.717, 1.165) is 10.5 Å². The smallest absolute Gasteiger partial charge is 0.337 e. The lowest BCUT2D eigenvalue weighted by atomic mass is 10.1. The highest BCUT2D eigenvalue weighted by Crippen LogP contribution is 2.37. The highest BCUT2D eigenvalue weighted by molar-refractivity contribution is 8.00. The lowest BCUT2D eigenvalue weighted by Crippen LogP contribution is -2.19. The van der Waals surface area contributed by atoms with Gasteiger partial charge in [0.15, 0.2) is 11.5 Å². The van der Waals surface area contributed by atoms with Gasteiger partial charge in [0.05, 0.1) is 24.8 Å². The summed E-state index contributed by atoms with van der Waals surface area (Å²) in [5, 5.41) is 14.4. The summed E-state index contributed by atoms with van der Waals surface area (Å²) in [5.41, 5.74) is 1.97. The van der Waals surface area contributed by atoms with Crippen molar-refractivity contribution in [3.8, 4) is 11.5 Å². The van der Waals surface area contributed by atoms with Gasteiger partial charge in [-0.3, -0.25) is 9.59 Å². The second-order valence-electron chi connectivity index (χ2n) is 8.45. The minimum Gasteiger partial charge on any atom is -0.493 e. The number of carboxylic acids is 1. The van der Waals surface area contributed by atoms with Crippen molar-refractivity contribution < 1.29 is 29.0 Å². The number of carbonyl (C=O) groups is 3. The highest BCUT2D eigenvalue weighted by atomic mass is 35.5. The van der Waals surface area contributed by atoms with Crippen LogP contribution in [0.1, 0.15) is 31.5 Å². The molecule has 204 valence electrons. The first kappa shape index (κ1) is 28.5. The molecule has 4 aromatic rings. The first-order valence-corrected chi connectivity index (χ1v) is 13.2. The van der Waals surface area contributed by atoms with Crippen LogP contribution in [0.25, 0.3) is 0 Å². The van der Waals surface area contributed by atoms with Crippen molar-refractivity contribution >= 4 is 52.5 Å². The van der Waals surface area contributed by atoms with Gasteiger partial charge in [-0.1, -0.05) is 41.9 Å². The van der Waals surface area contributed by atoms with Crippen LogP contribution in [0.4, 0.5) is 11.4 Å². The number of methoxy groups -OCH3 is 2. The zero-order chi connectivity index (χ0) is 28.6. The first-order chi connectivity index (χ1) is 19.3. The fourth-order valence-electron chi connectivity index (χ4n) is 3.81. The Morgan fingerprint density at radius 1 is 0.800 bits per heavy atom. The Labute approximate surface area is 240 Å². The number of ether oxygens (including phenoxy) is 2. The molecule has 0 spiro atoms. The number of nitrogens with one attached hydrogen (secondary N) is 2. The van der Waals surface area contributed by atoms with Crippen molar-refractivity contribution in [1.82, 2.24) is 0 Å². The minimum absolute atomic E-state index is 0.0813. The number of hydrogen-bond donors (Lipinski definition) is 3. The molecule has 0 aliphatic carbocycles. The zero-order valence-corrected chi connectivity index (χ0v) is 23.1. The number of rotatable bonds is 10. The molecule has 2 amide bonds. The van der Waals surface area contributed by atoms with Crippen LogP contribution in [0.5, 0.6) is 11.5 Å². The van der Waals surface area contributed by atoms with E-state index < -0.39 is 11.2 Å². The first-order valence-electron chi connectivity index (χ1n) is 12.0. The van der Waals surface area contributed by atoms with E-state index in [1.807, 2.05) is 42.5 Å². The molecule has 0 fully saturated rings. The molecule has 10 heteroatoms. The summed E-state index contributed by atoms with van der Waals surface area (Å²) in [6.45, 7) is 0. The van der Waals surface area contributed by atoms with Crippen molar-refractivity contribution in [2.75, 3.05) is 24.9 Å². The summed E-state index contributed by atoms with van der Waals surface area (Å²) in [5.74, 6) is -0.860. The van der Waals surface area contributed by atoms with Crippen molar-refractivity contribution in [1.29, 1.82) is 0 Å². The number of aromatic carboxylic acids is 1. The Morgan fingerprint density at radius 3 is 2.12 bits per heavy atom. The maximum absolute atomic E-state index is 13.4. The summed E-state index contributed by atoms with van der Waals surface area (Å²) in [6.07, 6.45) is 0. The predicted molar refractivity (Wildman–Crippen MR) is 156 cm³/mol. The quantitative estimate of drug-likeness (QED) is 0.178. The molecule has 0 saturated heterocycles. The van der Waals surface area contributed by atoms with Crippen LogP contribution in [0.2, 0.25) is 5.02 Å². The Kier molecular flexibility index (Phi) is 9.31. The van der Waals surface area contributed by atoms with E-state index in [2.05, 4.69) is 10.6 Å². The largest absolute Gasteiger partial charge is 0.493 e. The second kappa shape index (κ2) is 13.1. The molecule has 0 heterocycles. The second-order valence-corrected chi connectivity index (χ2v) is 10.0. The predicted octanol–water partition coefficient (Wildman–Crippen LogP) is 6.78. The Balaban J connectivity index is 1.50. The van der Waals surface area contributed by atoms with Crippen LogP contribution in [-0.2, 0) is 4.79 Å². The molecule has 0 radical (unpaired) electrons. The van der Waals surface area contributed by atoms with Gasteiger partial charge >= 0.3 is 5.97 Å². The average Bonchev–Trinajstić information content (AvgIpc) is 2.97. The van der Waals surface area contributed by atoms with Gasteiger partial charge in [0.1, 0.15) is 5.25 Å². The summed E-state index contributed by atoms with van der Waals surface area (Å²) >= 11 is 7.28. The number of halogens is 1. The lowest BCUT2D eigenvalue weighted by Gasteiger charge is -2.18. The molecule has 0 aliphatic rings. The summed E-state index contributed by atoms with van der Waals surface area (Å²) in [6, 6.07) is 25.6. The Morgan fingerprint density at radius 2 is 1.48 bits per heavy atom. The van der Waals surface area contributed by atoms with E-state index in [1.165, 1.54) is 38.1 Å². The topological polar surface area (TPSA) is 114 Å². The van der Waals surface area contributed by atoms with Crippen LogP contribution in [0.3, 0.4) is 0 Å². The summed E-state index contributed by atoms with van der Waals surface area (Å²) < 4.78 is 10.5. The Hall–Kier alpha value is -4.47. The number of benzene rings is 4. The SMILES string of the molecule is COc1ccc(C(=O)Nc2ccc(SC(C(=O)Nc3ccc(Cl)c(C(=O)O)c3)c3ccccc3)cc2)cc1OC. The van der Waals surface area contributed by atoms with Crippen molar-refractivity contribution in [2.45, 2.75) is 10.1 Å². The number of carboxylic acid groups (broad SMARTS) is 1. The normalized spacial score (nSPS) is 11.3. The third kappa shape index (κ3) is 6.93. The van der Waals surface area contributed by atoms with Crippen molar-refractivity contribution in [2.24, 2.45) is 0 Å². The molecule has 0 aliphatic heterocycles. The molecule has 1 atom stereocenters. The average molecular weight is 577 g/mol. The van der Waals surface area contributed by atoms with E-state index >= 15 is 0 Å². The van der Waals surface area contributed by atoms with Gasteiger partial charge in [-0.05, 0) is 66.2 Å². The van der Waals surface area contributed by atoms with Crippen molar-refractivity contribution in [3.63, 3.8) is 0 Å². The van der Waals surface area contributed by atoms with Crippen molar-refractivity contribution in [3.05, 3.63) is 113 Å². The van der Waals surface area contributed by atoms with Gasteiger partial charge in [0.25, 0.3) is 5.91 Å². The van der Waals surface area contributed by atoms with Gasteiger partial charge in [-0.2, -0.15) is 0 Å². The summed E-state index contributed by atoms with van der Waals surface area (Å²) in [4.78, 5) is 38.4. The third-order valence-corrected chi connectivity index (χ3v) is 7.41. The zero-order valence-electron chi connectivity index (χ0n) is 21.5. The maximum atomic E-state index is 13.4. The van der Waals surface area contributed by atoms with E-state index in [4.69, 9.17) is 21.1 Å². The van der Waals surface area contributed by atoms with E-state index in [1.54, 1.807) is 36.4 Å². The molecule has 1 unspecified atom stereocenters. The molecule has 4 aromatic carbocycles. The number of carbonyl (C=O) groups excluding carboxylic acids is 2. The van der Waals surface area contributed by atoms with Gasteiger partial charge in [0, 0.05) is 21.8 Å². The van der Waals surface area contributed by atoms with Gasteiger partial charge in [-0.15, -0.1) is 11.8 Å².